The number of hydrogen-bond acceptors (Lipinski definition) is 3. The third-order valence-electron chi connectivity index (χ3n) is 4.76. The van der Waals surface area contributed by atoms with Crippen LogP contribution in [-0.4, -0.2) is 14.5 Å². The summed E-state index contributed by atoms with van der Waals surface area (Å²) in [5.74, 6) is 1.27. The first-order chi connectivity index (χ1) is 9.45. The molecule has 2 fully saturated rings. The second kappa shape index (κ2) is 5.13. The average Bonchev–Trinajstić information content (AvgIpc) is 3.00. The average molecular weight is 294 g/mol. The highest BCUT2D eigenvalue weighted by Crippen LogP contribution is 2.44. The van der Waals surface area contributed by atoms with E-state index in [1.165, 1.54) is 19.3 Å². The van der Waals surface area contributed by atoms with Crippen LogP contribution in [0.15, 0.2) is 29.2 Å². The van der Waals surface area contributed by atoms with Crippen molar-refractivity contribution >= 4 is 10.0 Å². The number of hydrogen-bond donors (Lipinski definition) is 2. The van der Waals surface area contributed by atoms with Gasteiger partial charge in [-0.3, -0.25) is 0 Å². The second-order valence-electron chi connectivity index (χ2n) is 6.26. The van der Waals surface area contributed by atoms with Crippen molar-refractivity contribution < 1.29 is 8.42 Å². The summed E-state index contributed by atoms with van der Waals surface area (Å²) < 4.78 is 27.7. The van der Waals surface area contributed by atoms with E-state index in [0.29, 0.717) is 10.8 Å². The zero-order chi connectivity index (χ0) is 14.3. The summed E-state index contributed by atoms with van der Waals surface area (Å²) in [5.41, 5.74) is 6.73. The zero-order valence-electron chi connectivity index (χ0n) is 11.7. The number of nitrogens with two attached hydrogens (primary N) is 1. The lowest BCUT2D eigenvalue weighted by molar-refractivity contribution is 0.390. The predicted molar refractivity (Wildman–Crippen MR) is 78.6 cm³/mol. The van der Waals surface area contributed by atoms with Gasteiger partial charge in [0.1, 0.15) is 0 Å². The van der Waals surface area contributed by atoms with Gasteiger partial charge in [0.05, 0.1) is 4.90 Å². The van der Waals surface area contributed by atoms with E-state index in [1.54, 1.807) is 24.3 Å². The van der Waals surface area contributed by atoms with Gasteiger partial charge in [0.25, 0.3) is 0 Å². The van der Waals surface area contributed by atoms with E-state index in [0.717, 1.165) is 17.9 Å². The highest BCUT2D eigenvalue weighted by atomic mass is 32.2. The maximum atomic E-state index is 12.4. The van der Waals surface area contributed by atoms with Crippen molar-refractivity contribution in [3.63, 3.8) is 0 Å². The summed E-state index contributed by atoms with van der Waals surface area (Å²) in [6.07, 6.45) is 4.63. The monoisotopic (exact) mass is 294 g/mol. The Morgan fingerprint density at radius 3 is 2.40 bits per heavy atom. The largest absolute Gasteiger partial charge is 0.324 e. The van der Waals surface area contributed by atoms with Crippen LogP contribution >= 0.6 is 0 Å². The van der Waals surface area contributed by atoms with Crippen molar-refractivity contribution in [1.82, 2.24) is 4.72 Å². The molecule has 3 N–H and O–H groups in total. The Morgan fingerprint density at radius 2 is 1.90 bits per heavy atom. The SMILES string of the molecule is CC(N)c1ccc(S(=O)(=O)NC2CC3CCC2C3)cc1. The van der Waals surface area contributed by atoms with Crippen molar-refractivity contribution in [3.05, 3.63) is 29.8 Å². The van der Waals surface area contributed by atoms with Gasteiger partial charge in [-0.05, 0) is 55.7 Å². The van der Waals surface area contributed by atoms with Crippen LogP contribution < -0.4 is 10.5 Å². The fraction of sp³-hybridized carbons (Fsp3) is 0.600. The molecule has 0 heterocycles. The van der Waals surface area contributed by atoms with Crippen LogP contribution in [0.25, 0.3) is 0 Å². The minimum absolute atomic E-state index is 0.0784. The van der Waals surface area contributed by atoms with E-state index in [4.69, 9.17) is 5.73 Å². The Hall–Kier alpha value is -0.910. The normalized spacial score (nSPS) is 30.6. The summed E-state index contributed by atoms with van der Waals surface area (Å²) in [7, 11) is -3.40. The van der Waals surface area contributed by atoms with Gasteiger partial charge in [0.2, 0.25) is 10.0 Å². The molecule has 4 atom stereocenters. The molecule has 1 aromatic carbocycles. The molecule has 2 bridgehead atoms. The van der Waals surface area contributed by atoms with Crippen LogP contribution in [0.5, 0.6) is 0 Å². The van der Waals surface area contributed by atoms with Crippen molar-refractivity contribution in [2.45, 2.75) is 49.6 Å². The van der Waals surface area contributed by atoms with Crippen LogP contribution in [0, 0.1) is 11.8 Å². The van der Waals surface area contributed by atoms with Crippen LogP contribution in [0.2, 0.25) is 0 Å². The number of benzene rings is 1. The van der Waals surface area contributed by atoms with Crippen molar-refractivity contribution in [2.24, 2.45) is 17.6 Å². The molecule has 1 aromatic rings. The number of rotatable bonds is 4. The fourth-order valence-corrected chi connectivity index (χ4v) is 4.92. The molecule has 0 aromatic heterocycles. The maximum Gasteiger partial charge on any atom is 0.240 e. The Morgan fingerprint density at radius 1 is 1.20 bits per heavy atom. The molecule has 20 heavy (non-hydrogen) atoms. The highest BCUT2D eigenvalue weighted by molar-refractivity contribution is 7.89. The molecular weight excluding hydrogens is 272 g/mol. The Kier molecular flexibility index (Phi) is 3.60. The van der Waals surface area contributed by atoms with Crippen LogP contribution in [0.1, 0.15) is 44.2 Å². The lowest BCUT2D eigenvalue weighted by Crippen LogP contribution is -2.38. The van der Waals surface area contributed by atoms with E-state index in [2.05, 4.69) is 4.72 Å². The molecule has 0 aliphatic heterocycles. The first-order valence-corrected chi connectivity index (χ1v) is 8.82. The summed E-state index contributed by atoms with van der Waals surface area (Å²) in [6, 6.07) is 6.93. The van der Waals surface area contributed by atoms with Crippen LogP contribution in [0.3, 0.4) is 0 Å². The molecule has 0 spiro atoms. The second-order valence-corrected chi connectivity index (χ2v) is 7.97. The van der Waals surface area contributed by atoms with E-state index in [-0.39, 0.29) is 12.1 Å². The van der Waals surface area contributed by atoms with Gasteiger partial charge in [-0.15, -0.1) is 0 Å². The molecule has 5 heteroatoms. The molecule has 0 saturated heterocycles. The third-order valence-corrected chi connectivity index (χ3v) is 6.27. The lowest BCUT2D eigenvalue weighted by atomic mass is 9.96. The number of nitrogens with one attached hydrogen (secondary N) is 1. The molecule has 3 rings (SSSR count). The van der Waals surface area contributed by atoms with Gasteiger partial charge < -0.3 is 5.73 Å². The molecule has 2 saturated carbocycles. The van der Waals surface area contributed by atoms with Crippen LogP contribution in [-0.2, 0) is 10.0 Å². The molecule has 4 nitrogen and oxygen atoms in total. The summed E-state index contributed by atoms with van der Waals surface area (Å²) in [5, 5.41) is 0. The Balaban J connectivity index is 1.74. The van der Waals surface area contributed by atoms with Crippen molar-refractivity contribution in [3.8, 4) is 0 Å². The van der Waals surface area contributed by atoms with Gasteiger partial charge in [0.15, 0.2) is 0 Å². The minimum atomic E-state index is -3.40. The molecule has 2 aliphatic carbocycles. The molecule has 110 valence electrons. The summed E-state index contributed by atoms with van der Waals surface area (Å²) in [6.45, 7) is 1.89. The first kappa shape index (κ1) is 14.0. The molecule has 0 amide bonds. The predicted octanol–water partition coefficient (Wildman–Crippen LogP) is 2.17. The fourth-order valence-electron chi connectivity index (χ4n) is 3.61. The van der Waals surface area contributed by atoms with E-state index in [9.17, 15) is 8.42 Å². The minimum Gasteiger partial charge on any atom is -0.324 e. The number of sulfonamides is 1. The zero-order valence-corrected chi connectivity index (χ0v) is 12.6. The quantitative estimate of drug-likeness (QED) is 0.894. The lowest BCUT2D eigenvalue weighted by Gasteiger charge is -2.22. The highest BCUT2D eigenvalue weighted by Gasteiger charge is 2.41. The van der Waals surface area contributed by atoms with E-state index >= 15 is 0 Å². The molecule has 0 radical (unpaired) electrons. The third kappa shape index (κ3) is 2.62. The van der Waals surface area contributed by atoms with Gasteiger partial charge in [-0.2, -0.15) is 0 Å². The summed E-state index contributed by atoms with van der Waals surface area (Å²) >= 11 is 0. The van der Waals surface area contributed by atoms with Gasteiger partial charge in [-0.25, -0.2) is 13.1 Å². The Bertz CT molecular complexity index is 580. The molecule has 2 aliphatic rings. The topological polar surface area (TPSA) is 72.2 Å². The number of fused-ring (bicyclic) bond motifs is 2. The van der Waals surface area contributed by atoms with E-state index < -0.39 is 10.0 Å². The molecular formula is C15H22N2O2S. The molecule has 4 unspecified atom stereocenters. The van der Waals surface area contributed by atoms with Crippen molar-refractivity contribution in [1.29, 1.82) is 0 Å². The first-order valence-electron chi connectivity index (χ1n) is 7.33. The smallest absolute Gasteiger partial charge is 0.240 e. The maximum absolute atomic E-state index is 12.4. The summed E-state index contributed by atoms with van der Waals surface area (Å²) in [4.78, 5) is 0.338. The van der Waals surface area contributed by atoms with Gasteiger partial charge in [0, 0.05) is 12.1 Å². The van der Waals surface area contributed by atoms with Gasteiger partial charge in [-0.1, -0.05) is 18.6 Å². The standard InChI is InChI=1S/C15H22N2O2S/c1-10(16)12-4-6-14(7-5-12)20(18,19)17-15-9-11-2-3-13(15)8-11/h4-7,10-11,13,15,17H,2-3,8-9,16H2,1H3. The van der Waals surface area contributed by atoms with Gasteiger partial charge >= 0.3 is 0 Å². The van der Waals surface area contributed by atoms with E-state index in [1.807, 2.05) is 6.92 Å². The Labute approximate surface area is 120 Å². The van der Waals surface area contributed by atoms with Crippen LogP contribution in [0.4, 0.5) is 0 Å². The van der Waals surface area contributed by atoms with Crippen molar-refractivity contribution in [2.75, 3.05) is 0 Å².